The summed E-state index contributed by atoms with van der Waals surface area (Å²) in [7, 11) is 3.26. The van der Waals surface area contributed by atoms with E-state index < -0.39 is 0 Å². The van der Waals surface area contributed by atoms with Crippen LogP contribution in [-0.2, 0) is 11.8 Å². The molecule has 1 saturated heterocycles. The van der Waals surface area contributed by atoms with E-state index in [1.54, 1.807) is 22.8 Å². The highest BCUT2D eigenvalue weighted by Gasteiger charge is 2.30. The lowest BCUT2D eigenvalue weighted by Gasteiger charge is -2.22. The first-order valence-electron chi connectivity index (χ1n) is 9.04. The Bertz CT molecular complexity index is 987. The number of fused-ring (bicyclic) bond motifs is 1. The van der Waals surface area contributed by atoms with Gasteiger partial charge in [0.05, 0.1) is 35.0 Å². The molecule has 0 aliphatic carbocycles. The van der Waals surface area contributed by atoms with Gasteiger partial charge < -0.3 is 9.47 Å². The third kappa shape index (κ3) is 3.47. The van der Waals surface area contributed by atoms with Crippen LogP contribution in [0.2, 0.25) is 5.02 Å². The molecule has 1 unspecified atom stereocenters. The third-order valence-electron chi connectivity index (χ3n) is 4.79. The minimum absolute atomic E-state index is 0.0183. The standard InChI is InChI=1S/C19H21ClN4O3S/c1-11-6-7-14(20)16-15(11)21-19(28-16)24(9-12-5-4-8-27-12)18(25)13-10-23(2)22-17(13)26-3/h6-7,10,12H,4-5,8-9H2,1-3H3. The number of nitrogens with zero attached hydrogens (tertiary/aromatic N) is 4. The monoisotopic (exact) mass is 420 g/mol. The molecular weight excluding hydrogens is 400 g/mol. The average molecular weight is 421 g/mol. The molecule has 1 amide bonds. The molecule has 28 heavy (non-hydrogen) atoms. The Morgan fingerprint density at radius 1 is 1.50 bits per heavy atom. The van der Waals surface area contributed by atoms with Crippen molar-refractivity contribution < 1.29 is 14.3 Å². The summed E-state index contributed by atoms with van der Waals surface area (Å²) in [6.45, 7) is 3.12. The summed E-state index contributed by atoms with van der Waals surface area (Å²) in [5.74, 6) is 0.0773. The summed E-state index contributed by atoms with van der Waals surface area (Å²) >= 11 is 7.79. The molecule has 1 aromatic carbocycles. The summed E-state index contributed by atoms with van der Waals surface area (Å²) < 4.78 is 13.5. The van der Waals surface area contributed by atoms with E-state index in [0.29, 0.717) is 34.7 Å². The quantitative estimate of drug-likeness (QED) is 0.627. The molecular formula is C19H21ClN4O3S. The Morgan fingerprint density at radius 3 is 3.00 bits per heavy atom. The molecule has 0 radical (unpaired) electrons. The summed E-state index contributed by atoms with van der Waals surface area (Å²) in [6, 6.07) is 3.79. The van der Waals surface area contributed by atoms with E-state index >= 15 is 0 Å². The number of anilines is 1. The van der Waals surface area contributed by atoms with Crippen LogP contribution in [0.15, 0.2) is 18.3 Å². The second kappa shape index (κ2) is 7.69. The number of carbonyl (C=O) groups is 1. The molecule has 9 heteroatoms. The number of thiazole rings is 1. The molecule has 0 N–H and O–H groups in total. The number of hydrogen-bond donors (Lipinski definition) is 0. The normalized spacial score (nSPS) is 16.6. The van der Waals surface area contributed by atoms with Crippen LogP contribution in [0.25, 0.3) is 10.2 Å². The van der Waals surface area contributed by atoms with Gasteiger partial charge in [0, 0.05) is 19.9 Å². The number of aromatic nitrogens is 3. The fraction of sp³-hybridized carbons (Fsp3) is 0.421. The zero-order valence-electron chi connectivity index (χ0n) is 15.9. The predicted molar refractivity (Wildman–Crippen MR) is 110 cm³/mol. The minimum atomic E-state index is -0.215. The maximum atomic E-state index is 13.4. The van der Waals surface area contributed by atoms with Crippen molar-refractivity contribution in [1.29, 1.82) is 0 Å². The third-order valence-corrected chi connectivity index (χ3v) is 6.33. The van der Waals surface area contributed by atoms with Crippen molar-refractivity contribution >= 4 is 44.2 Å². The molecule has 1 aliphatic rings. The molecule has 4 rings (SSSR count). The first-order valence-corrected chi connectivity index (χ1v) is 10.2. The average Bonchev–Trinajstić information content (AvgIpc) is 3.41. The van der Waals surface area contributed by atoms with Crippen molar-refractivity contribution in [1.82, 2.24) is 14.8 Å². The van der Waals surface area contributed by atoms with E-state index in [9.17, 15) is 4.79 Å². The summed E-state index contributed by atoms with van der Waals surface area (Å²) in [4.78, 5) is 19.8. The second-order valence-corrected chi connectivity index (χ2v) is 8.20. The molecule has 1 fully saturated rings. The van der Waals surface area contributed by atoms with Crippen molar-refractivity contribution in [2.24, 2.45) is 7.05 Å². The number of halogens is 1. The van der Waals surface area contributed by atoms with Gasteiger partial charge in [-0.15, -0.1) is 5.10 Å². The van der Waals surface area contributed by atoms with Crippen LogP contribution in [0.4, 0.5) is 5.13 Å². The highest BCUT2D eigenvalue weighted by atomic mass is 35.5. The lowest BCUT2D eigenvalue weighted by atomic mass is 10.2. The first-order chi connectivity index (χ1) is 13.5. The van der Waals surface area contributed by atoms with Crippen molar-refractivity contribution in [2.45, 2.75) is 25.9 Å². The number of amides is 1. The SMILES string of the molecule is COc1nn(C)cc1C(=O)N(CC1CCCO1)c1nc2c(C)ccc(Cl)c2s1. The van der Waals surface area contributed by atoms with Gasteiger partial charge in [0.2, 0.25) is 5.88 Å². The highest BCUT2D eigenvalue weighted by Crippen LogP contribution is 2.37. The van der Waals surface area contributed by atoms with Crippen LogP contribution in [0.5, 0.6) is 5.88 Å². The maximum absolute atomic E-state index is 13.4. The van der Waals surface area contributed by atoms with Gasteiger partial charge in [-0.05, 0) is 31.4 Å². The van der Waals surface area contributed by atoms with E-state index in [2.05, 4.69) is 5.10 Å². The van der Waals surface area contributed by atoms with E-state index in [1.165, 1.54) is 18.4 Å². The lowest BCUT2D eigenvalue weighted by Crippen LogP contribution is -2.37. The number of methoxy groups -OCH3 is 1. The maximum Gasteiger partial charge on any atom is 0.267 e. The number of hydrogen-bond acceptors (Lipinski definition) is 6. The Kier molecular flexibility index (Phi) is 5.27. The van der Waals surface area contributed by atoms with Crippen molar-refractivity contribution in [3.05, 3.63) is 34.5 Å². The van der Waals surface area contributed by atoms with Crippen molar-refractivity contribution in [3.8, 4) is 5.88 Å². The zero-order valence-corrected chi connectivity index (χ0v) is 17.5. The van der Waals surface area contributed by atoms with Gasteiger partial charge in [0.15, 0.2) is 5.13 Å². The smallest absolute Gasteiger partial charge is 0.267 e. The van der Waals surface area contributed by atoms with Gasteiger partial charge in [0.25, 0.3) is 5.91 Å². The van der Waals surface area contributed by atoms with Gasteiger partial charge >= 0.3 is 0 Å². The van der Waals surface area contributed by atoms with Gasteiger partial charge in [0.1, 0.15) is 5.56 Å². The highest BCUT2D eigenvalue weighted by molar-refractivity contribution is 7.23. The Morgan fingerprint density at radius 2 is 2.32 bits per heavy atom. The van der Waals surface area contributed by atoms with E-state index in [1.807, 2.05) is 19.1 Å². The van der Waals surface area contributed by atoms with Gasteiger partial charge in [-0.2, -0.15) is 0 Å². The lowest BCUT2D eigenvalue weighted by molar-refractivity contribution is 0.0915. The Hall–Kier alpha value is -2.16. The number of carbonyl (C=O) groups excluding carboxylic acids is 1. The number of benzene rings is 1. The summed E-state index contributed by atoms with van der Waals surface area (Å²) in [5, 5.41) is 5.43. The van der Waals surface area contributed by atoms with Crippen LogP contribution in [0, 0.1) is 6.92 Å². The molecule has 0 spiro atoms. The van der Waals surface area contributed by atoms with Crippen LogP contribution in [0.3, 0.4) is 0 Å². The number of ether oxygens (including phenoxy) is 2. The predicted octanol–water partition coefficient (Wildman–Crippen LogP) is 3.83. The van der Waals surface area contributed by atoms with Crippen LogP contribution in [0.1, 0.15) is 28.8 Å². The summed E-state index contributed by atoms with van der Waals surface area (Å²) in [6.07, 6.45) is 3.55. The molecule has 0 bridgehead atoms. The minimum Gasteiger partial charge on any atom is -0.479 e. The number of aryl methyl sites for hydroxylation is 2. The topological polar surface area (TPSA) is 69.5 Å². The Labute approximate surface area is 171 Å². The second-order valence-electron chi connectivity index (χ2n) is 6.81. The molecule has 3 aromatic rings. The largest absolute Gasteiger partial charge is 0.479 e. The van der Waals surface area contributed by atoms with Crippen molar-refractivity contribution in [2.75, 3.05) is 25.2 Å². The van der Waals surface area contributed by atoms with Crippen LogP contribution in [-0.4, -0.2) is 47.0 Å². The Balaban J connectivity index is 1.78. The number of rotatable bonds is 5. The molecule has 3 heterocycles. The van der Waals surface area contributed by atoms with Gasteiger partial charge in [-0.25, -0.2) is 4.98 Å². The zero-order chi connectivity index (χ0) is 19.8. The summed E-state index contributed by atoms with van der Waals surface area (Å²) in [5.41, 5.74) is 2.23. The van der Waals surface area contributed by atoms with Gasteiger partial charge in [-0.3, -0.25) is 14.4 Å². The van der Waals surface area contributed by atoms with Crippen LogP contribution >= 0.6 is 22.9 Å². The molecule has 7 nitrogen and oxygen atoms in total. The molecule has 1 atom stereocenters. The van der Waals surface area contributed by atoms with E-state index in [4.69, 9.17) is 26.1 Å². The fourth-order valence-corrected chi connectivity index (χ4v) is 4.68. The first kappa shape index (κ1) is 19.2. The fourth-order valence-electron chi connectivity index (χ4n) is 3.36. The van der Waals surface area contributed by atoms with E-state index in [0.717, 1.165) is 28.6 Å². The molecule has 0 saturated carbocycles. The molecule has 2 aromatic heterocycles. The van der Waals surface area contributed by atoms with Gasteiger partial charge in [-0.1, -0.05) is 29.0 Å². The van der Waals surface area contributed by atoms with E-state index in [-0.39, 0.29) is 12.0 Å². The van der Waals surface area contributed by atoms with Crippen LogP contribution < -0.4 is 9.64 Å². The molecule has 1 aliphatic heterocycles. The van der Waals surface area contributed by atoms with Crippen molar-refractivity contribution in [3.63, 3.8) is 0 Å². The molecule has 148 valence electrons.